The Kier molecular flexibility index (Phi) is 24.8. The summed E-state index contributed by atoms with van der Waals surface area (Å²) in [5.74, 6) is -0.833. The topological polar surface area (TPSA) is 72.3 Å². The van der Waals surface area contributed by atoms with E-state index >= 15 is 0 Å². The molecule has 3 nitrogen and oxygen atoms in total. The van der Waals surface area contributed by atoms with Crippen molar-refractivity contribution in [3.63, 3.8) is 0 Å². The average Bonchev–Trinajstić information content (AvgIpc) is 0.811. The monoisotopic (exact) mass is 107 g/mol. The van der Waals surface area contributed by atoms with E-state index in [9.17, 15) is 0 Å². The van der Waals surface area contributed by atoms with Crippen LogP contribution in [0.3, 0.4) is 0 Å². The maximum Gasteiger partial charge on any atom is 0.300 e. The Hall–Kier alpha value is -0.0375. The van der Waals surface area contributed by atoms with E-state index in [1.54, 1.807) is 0 Å². The first-order valence-corrected chi connectivity index (χ1v) is 0.928. The van der Waals surface area contributed by atoms with Crippen LogP contribution in [0.5, 0.6) is 0 Å². The van der Waals surface area contributed by atoms with Gasteiger partial charge in [0.25, 0.3) is 5.97 Å². The highest BCUT2D eigenvalue weighted by Gasteiger charge is 1.65. The molecule has 38 valence electrons. The van der Waals surface area contributed by atoms with Crippen molar-refractivity contribution in [3.8, 4) is 0 Å². The molecule has 0 aromatic carbocycles. The second kappa shape index (κ2) is 8.88. The van der Waals surface area contributed by atoms with Gasteiger partial charge >= 0.3 is 0 Å². The van der Waals surface area contributed by atoms with Gasteiger partial charge in [0.2, 0.25) is 0 Å². The van der Waals surface area contributed by atoms with Crippen molar-refractivity contribution >= 4 is 23.3 Å². The third kappa shape index (κ3) is 24700. The summed E-state index contributed by atoms with van der Waals surface area (Å²) in [7, 11) is 0. The Balaban J connectivity index is -0.0000000450. The van der Waals surface area contributed by atoms with Gasteiger partial charge in [-0.3, -0.25) is 4.79 Å². The standard InChI is InChI=1S/C2H4O2.Al.H3N.3H/c1-2(3)4;;;;;/h1H3,(H,3,4);;1H3;;;. The molecule has 0 fully saturated rings. The Bertz CT molecular complexity index is 34.5. The number of carboxylic acids is 1. The lowest BCUT2D eigenvalue weighted by atomic mass is 10.9. The van der Waals surface area contributed by atoms with Gasteiger partial charge in [-0.2, -0.15) is 0 Å². The largest absolute Gasteiger partial charge is 0.481 e. The lowest BCUT2D eigenvalue weighted by Gasteiger charge is -1.59. The summed E-state index contributed by atoms with van der Waals surface area (Å²) < 4.78 is 0. The summed E-state index contributed by atoms with van der Waals surface area (Å²) in [6.45, 7) is 1.08. The molecular formula is C2H10AlNO2. The van der Waals surface area contributed by atoms with Crippen LogP contribution in [-0.2, 0) is 4.79 Å². The highest BCUT2D eigenvalue weighted by atomic mass is 27.0. The van der Waals surface area contributed by atoms with Crippen molar-refractivity contribution in [2.75, 3.05) is 0 Å². The van der Waals surface area contributed by atoms with Gasteiger partial charge in [0, 0.05) is 6.92 Å². The van der Waals surface area contributed by atoms with Gasteiger partial charge < -0.3 is 11.3 Å². The molecule has 4 heteroatoms. The minimum atomic E-state index is -0.833. The second-order valence-electron chi connectivity index (χ2n) is 0.519. The van der Waals surface area contributed by atoms with E-state index in [4.69, 9.17) is 9.90 Å². The van der Waals surface area contributed by atoms with Crippen LogP contribution in [0.1, 0.15) is 6.92 Å². The summed E-state index contributed by atoms with van der Waals surface area (Å²) >= 11 is 0. The molecule has 0 bridgehead atoms. The van der Waals surface area contributed by atoms with Crippen molar-refractivity contribution < 1.29 is 9.90 Å². The first kappa shape index (κ1) is 16.7. The third-order valence-corrected chi connectivity index (χ3v) is 0. The first-order chi connectivity index (χ1) is 1.73. The van der Waals surface area contributed by atoms with E-state index < -0.39 is 5.97 Å². The maximum atomic E-state index is 9.00. The molecule has 0 rings (SSSR count). The number of hydrogen-bond acceptors (Lipinski definition) is 2. The van der Waals surface area contributed by atoms with Crippen molar-refractivity contribution in [1.82, 2.24) is 6.15 Å². The Morgan fingerprint density at radius 1 is 1.67 bits per heavy atom. The van der Waals surface area contributed by atoms with Gasteiger partial charge in [-0.15, -0.1) is 0 Å². The van der Waals surface area contributed by atoms with Gasteiger partial charge in [-0.1, -0.05) is 0 Å². The zero-order valence-electron chi connectivity index (χ0n) is 3.06. The summed E-state index contributed by atoms with van der Waals surface area (Å²) in [6, 6.07) is 0. The van der Waals surface area contributed by atoms with Crippen LogP contribution in [0, 0.1) is 0 Å². The summed E-state index contributed by atoms with van der Waals surface area (Å²) in [5, 5.41) is 7.42. The van der Waals surface area contributed by atoms with Crippen LogP contribution in [0.2, 0.25) is 0 Å². The molecule has 0 saturated heterocycles. The minimum Gasteiger partial charge on any atom is -0.481 e. The normalized spacial score (nSPS) is 4.17. The Labute approximate surface area is 47.1 Å². The lowest BCUT2D eigenvalue weighted by Crippen LogP contribution is -1.78. The van der Waals surface area contributed by atoms with Crippen LogP contribution in [0.25, 0.3) is 0 Å². The molecule has 0 aliphatic heterocycles. The number of carboxylic acid groups (broad SMARTS) is 1. The van der Waals surface area contributed by atoms with Gasteiger partial charge in [-0.05, 0) is 0 Å². The molecule has 0 spiro atoms. The van der Waals surface area contributed by atoms with E-state index in [-0.39, 0.29) is 23.5 Å². The highest BCUT2D eigenvalue weighted by molar-refractivity contribution is 5.75. The van der Waals surface area contributed by atoms with E-state index in [0.29, 0.717) is 0 Å². The molecule has 0 radical (unpaired) electrons. The molecule has 6 heavy (non-hydrogen) atoms. The molecule has 0 aromatic heterocycles. The Morgan fingerprint density at radius 2 is 1.67 bits per heavy atom. The first-order valence-electron chi connectivity index (χ1n) is 0.928. The molecule has 0 unspecified atom stereocenters. The van der Waals surface area contributed by atoms with Crippen molar-refractivity contribution in [2.24, 2.45) is 0 Å². The van der Waals surface area contributed by atoms with Gasteiger partial charge in [0.15, 0.2) is 17.4 Å². The van der Waals surface area contributed by atoms with Gasteiger partial charge in [0.05, 0.1) is 0 Å². The quantitative estimate of drug-likeness (QED) is 0.393. The maximum absolute atomic E-state index is 9.00. The molecule has 0 saturated carbocycles. The van der Waals surface area contributed by atoms with Crippen molar-refractivity contribution in [3.05, 3.63) is 0 Å². The molecule has 4 N–H and O–H groups in total. The van der Waals surface area contributed by atoms with Gasteiger partial charge in [-0.25, -0.2) is 0 Å². The van der Waals surface area contributed by atoms with Crippen LogP contribution >= 0.6 is 0 Å². The number of carbonyl (C=O) groups is 1. The fourth-order valence-electron chi connectivity index (χ4n) is 0. The predicted molar refractivity (Wildman–Crippen MR) is 28.3 cm³/mol. The summed E-state index contributed by atoms with van der Waals surface area (Å²) in [6.07, 6.45) is 0. The van der Waals surface area contributed by atoms with E-state index in [1.165, 1.54) is 0 Å². The smallest absolute Gasteiger partial charge is 0.300 e. The number of rotatable bonds is 0. The van der Waals surface area contributed by atoms with Crippen LogP contribution in [0.4, 0.5) is 0 Å². The van der Waals surface area contributed by atoms with E-state index in [1.807, 2.05) is 0 Å². The molecule has 0 amide bonds. The molecule has 0 atom stereocenters. The van der Waals surface area contributed by atoms with E-state index in [0.717, 1.165) is 6.92 Å². The summed E-state index contributed by atoms with van der Waals surface area (Å²) in [4.78, 5) is 9.00. The predicted octanol–water partition coefficient (Wildman–Crippen LogP) is -0.931. The molecular weight excluding hydrogens is 97.0 g/mol. The van der Waals surface area contributed by atoms with Crippen LogP contribution in [0.15, 0.2) is 0 Å². The summed E-state index contributed by atoms with van der Waals surface area (Å²) in [5.41, 5.74) is 0. The Morgan fingerprint density at radius 3 is 1.67 bits per heavy atom. The fraction of sp³-hybridized carbons (Fsp3) is 0.500. The zero-order valence-corrected chi connectivity index (χ0v) is 3.06. The zero-order chi connectivity index (χ0) is 3.58. The molecule has 0 aliphatic carbocycles. The van der Waals surface area contributed by atoms with Crippen LogP contribution < -0.4 is 6.15 Å². The van der Waals surface area contributed by atoms with E-state index in [2.05, 4.69) is 0 Å². The van der Waals surface area contributed by atoms with Gasteiger partial charge in [0.1, 0.15) is 0 Å². The molecule has 0 aliphatic rings. The third-order valence-electron chi connectivity index (χ3n) is 0. The lowest BCUT2D eigenvalue weighted by molar-refractivity contribution is -0.134. The average molecular weight is 107 g/mol. The SMILES string of the molecule is CC(=O)O.N.[AlH3]. The van der Waals surface area contributed by atoms with Crippen molar-refractivity contribution in [2.45, 2.75) is 6.92 Å². The fourth-order valence-corrected chi connectivity index (χ4v) is 0. The molecule has 0 heterocycles. The number of hydrogen-bond donors (Lipinski definition) is 2. The highest BCUT2D eigenvalue weighted by Crippen LogP contribution is 1.42. The van der Waals surface area contributed by atoms with Crippen molar-refractivity contribution in [1.29, 1.82) is 0 Å². The molecule has 0 aromatic rings. The number of aliphatic carboxylic acids is 1. The second-order valence-corrected chi connectivity index (χ2v) is 0.519. The van der Waals surface area contributed by atoms with Crippen LogP contribution in [-0.4, -0.2) is 28.4 Å². The minimum absolute atomic E-state index is 0.